The average molecular weight is 212 g/mol. The van der Waals surface area contributed by atoms with Crippen LogP contribution in [0.2, 0.25) is 0 Å². The van der Waals surface area contributed by atoms with Crippen LogP contribution in [0.5, 0.6) is 0 Å². The molecule has 0 bridgehead atoms. The standard InChI is InChI=1S/C12H20O3/c1-4-15-12(14)11(13)10-6-8(2)5-9(3)7-10/h6,8-9,11,13H,4-5,7H2,1-3H3. The van der Waals surface area contributed by atoms with Crippen molar-refractivity contribution >= 4 is 5.97 Å². The van der Waals surface area contributed by atoms with E-state index < -0.39 is 12.1 Å². The Morgan fingerprint density at radius 3 is 2.87 bits per heavy atom. The number of aliphatic hydroxyl groups excluding tert-OH is 1. The van der Waals surface area contributed by atoms with E-state index in [0.29, 0.717) is 18.4 Å². The van der Waals surface area contributed by atoms with E-state index in [1.54, 1.807) is 6.92 Å². The first-order chi connectivity index (χ1) is 7.04. The second-order valence-electron chi connectivity index (χ2n) is 4.42. The number of carbonyl (C=O) groups excluding carboxylic acids is 1. The van der Waals surface area contributed by atoms with E-state index in [9.17, 15) is 9.90 Å². The van der Waals surface area contributed by atoms with Gasteiger partial charge in [0.25, 0.3) is 0 Å². The summed E-state index contributed by atoms with van der Waals surface area (Å²) >= 11 is 0. The van der Waals surface area contributed by atoms with E-state index >= 15 is 0 Å². The fourth-order valence-corrected chi connectivity index (χ4v) is 2.20. The summed E-state index contributed by atoms with van der Waals surface area (Å²) in [5, 5.41) is 9.77. The summed E-state index contributed by atoms with van der Waals surface area (Å²) in [6.45, 7) is 6.30. The molecule has 0 spiro atoms. The molecule has 15 heavy (non-hydrogen) atoms. The molecule has 0 fully saturated rings. The minimum atomic E-state index is -1.06. The highest BCUT2D eigenvalue weighted by Gasteiger charge is 2.26. The third-order valence-corrected chi connectivity index (χ3v) is 2.72. The van der Waals surface area contributed by atoms with Crippen LogP contribution in [0.25, 0.3) is 0 Å². The summed E-state index contributed by atoms with van der Waals surface area (Å²) < 4.78 is 4.80. The lowest BCUT2D eigenvalue weighted by Gasteiger charge is -2.25. The molecule has 0 saturated heterocycles. The molecule has 0 aromatic heterocycles. The Morgan fingerprint density at radius 2 is 2.33 bits per heavy atom. The van der Waals surface area contributed by atoms with Crippen LogP contribution >= 0.6 is 0 Å². The van der Waals surface area contributed by atoms with Crippen LogP contribution in [-0.2, 0) is 9.53 Å². The van der Waals surface area contributed by atoms with Crippen molar-refractivity contribution in [2.75, 3.05) is 6.61 Å². The highest BCUT2D eigenvalue weighted by atomic mass is 16.5. The minimum absolute atomic E-state index is 0.314. The first kappa shape index (κ1) is 12.2. The maximum Gasteiger partial charge on any atom is 0.339 e. The largest absolute Gasteiger partial charge is 0.464 e. The molecule has 0 amide bonds. The number of allylic oxidation sites excluding steroid dienone is 1. The lowest BCUT2D eigenvalue weighted by atomic mass is 9.82. The Bertz CT molecular complexity index is 258. The zero-order valence-corrected chi connectivity index (χ0v) is 9.69. The zero-order chi connectivity index (χ0) is 11.4. The summed E-state index contributed by atoms with van der Waals surface area (Å²) in [5.74, 6) is 0.446. The molecule has 3 unspecified atom stereocenters. The van der Waals surface area contributed by atoms with Gasteiger partial charge in [0.2, 0.25) is 0 Å². The quantitative estimate of drug-likeness (QED) is 0.574. The highest BCUT2D eigenvalue weighted by molar-refractivity contribution is 5.78. The van der Waals surface area contributed by atoms with Crippen molar-refractivity contribution in [3.8, 4) is 0 Å². The van der Waals surface area contributed by atoms with Gasteiger partial charge >= 0.3 is 5.97 Å². The van der Waals surface area contributed by atoms with Crippen molar-refractivity contribution in [1.82, 2.24) is 0 Å². The summed E-state index contributed by atoms with van der Waals surface area (Å²) in [6.07, 6.45) is 2.86. The Labute approximate surface area is 91.1 Å². The minimum Gasteiger partial charge on any atom is -0.464 e. The molecule has 0 aromatic rings. The van der Waals surface area contributed by atoms with Crippen LogP contribution < -0.4 is 0 Å². The van der Waals surface area contributed by atoms with Crippen LogP contribution in [0.3, 0.4) is 0 Å². The summed E-state index contributed by atoms with van der Waals surface area (Å²) in [5.41, 5.74) is 0.819. The molecule has 0 heterocycles. The number of ether oxygens (including phenoxy) is 1. The summed E-state index contributed by atoms with van der Waals surface area (Å²) in [7, 11) is 0. The average Bonchev–Trinajstić information content (AvgIpc) is 2.15. The molecule has 3 atom stereocenters. The van der Waals surface area contributed by atoms with Crippen LogP contribution in [0.4, 0.5) is 0 Å². The third kappa shape index (κ3) is 3.34. The Kier molecular flexibility index (Phi) is 4.33. The van der Waals surface area contributed by atoms with Gasteiger partial charge in [-0.3, -0.25) is 0 Å². The number of hydrogen-bond acceptors (Lipinski definition) is 3. The van der Waals surface area contributed by atoms with Crippen molar-refractivity contribution < 1.29 is 14.6 Å². The van der Waals surface area contributed by atoms with Crippen molar-refractivity contribution in [3.05, 3.63) is 11.6 Å². The lowest BCUT2D eigenvalue weighted by Crippen LogP contribution is -2.28. The van der Waals surface area contributed by atoms with Crippen LogP contribution in [0.1, 0.15) is 33.6 Å². The van der Waals surface area contributed by atoms with Gasteiger partial charge in [-0.1, -0.05) is 19.9 Å². The predicted molar refractivity (Wildman–Crippen MR) is 58.3 cm³/mol. The molecule has 1 aliphatic rings. The number of rotatable bonds is 3. The van der Waals surface area contributed by atoms with Gasteiger partial charge in [-0.2, -0.15) is 0 Å². The maximum absolute atomic E-state index is 11.3. The van der Waals surface area contributed by atoms with Gasteiger partial charge in [0.05, 0.1) is 6.61 Å². The second kappa shape index (κ2) is 5.31. The van der Waals surface area contributed by atoms with Gasteiger partial charge in [-0.25, -0.2) is 4.79 Å². The van der Waals surface area contributed by atoms with Gasteiger partial charge in [0.1, 0.15) is 0 Å². The van der Waals surface area contributed by atoms with E-state index in [1.165, 1.54) is 0 Å². The number of carbonyl (C=O) groups is 1. The van der Waals surface area contributed by atoms with Gasteiger partial charge in [0, 0.05) is 0 Å². The molecule has 1 aliphatic carbocycles. The third-order valence-electron chi connectivity index (χ3n) is 2.72. The first-order valence-electron chi connectivity index (χ1n) is 5.59. The molecule has 0 radical (unpaired) electrons. The fraction of sp³-hybridized carbons (Fsp3) is 0.750. The first-order valence-corrected chi connectivity index (χ1v) is 5.59. The molecule has 1 rings (SSSR count). The smallest absolute Gasteiger partial charge is 0.339 e. The normalized spacial score (nSPS) is 28.1. The van der Waals surface area contributed by atoms with Crippen LogP contribution in [0.15, 0.2) is 11.6 Å². The van der Waals surface area contributed by atoms with Crippen LogP contribution in [-0.4, -0.2) is 23.8 Å². The summed E-state index contributed by atoms with van der Waals surface area (Å²) in [4.78, 5) is 11.3. The van der Waals surface area contributed by atoms with Crippen molar-refractivity contribution in [2.45, 2.75) is 39.7 Å². The van der Waals surface area contributed by atoms with Crippen molar-refractivity contribution in [3.63, 3.8) is 0 Å². The van der Waals surface area contributed by atoms with Gasteiger partial charge < -0.3 is 9.84 Å². The van der Waals surface area contributed by atoms with E-state index in [4.69, 9.17) is 4.74 Å². The van der Waals surface area contributed by atoms with E-state index in [-0.39, 0.29) is 0 Å². The Morgan fingerprint density at radius 1 is 1.67 bits per heavy atom. The molecule has 0 aromatic carbocycles. The molecule has 86 valence electrons. The predicted octanol–water partition coefficient (Wildman–Crippen LogP) is 1.90. The molecule has 0 aliphatic heterocycles. The van der Waals surface area contributed by atoms with Crippen molar-refractivity contribution in [2.24, 2.45) is 11.8 Å². The van der Waals surface area contributed by atoms with E-state index in [1.807, 2.05) is 6.08 Å². The number of aliphatic hydroxyl groups is 1. The molecule has 3 nitrogen and oxygen atoms in total. The van der Waals surface area contributed by atoms with Gasteiger partial charge in [0.15, 0.2) is 6.10 Å². The maximum atomic E-state index is 11.3. The van der Waals surface area contributed by atoms with Crippen LogP contribution in [0, 0.1) is 11.8 Å². The zero-order valence-electron chi connectivity index (χ0n) is 9.69. The highest BCUT2D eigenvalue weighted by Crippen LogP contribution is 2.29. The SMILES string of the molecule is CCOC(=O)C(O)C1=CC(C)CC(C)C1. The second-order valence-corrected chi connectivity index (χ2v) is 4.42. The van der Waals surface area contributed by atoms with Crippen molar-refractivity contribution in [1.29, 1.82) is 0 Å². The van der Waals surface area contributed by atoms with E-state index in [2.05, 4.69) is 13.8 Å². The van der Waals surface area contributed by atoms with Gasteiger partial charge in [-0.15, -0.1) is 0 Å². The molecule has 3 heteroatoms. The fourth-order valence-electron chi connectivity index (χ4n) is 2.20. The molecular formula is C12H20O3. The lowest BCUT2D eigenvalue weighted by molar-refractivity contribution is -0.151. The topological polar surface area (TPSA) is 46.5 Å². The number of hydrogen-bond donors (Lipinski definition) is 1. The molecular weight excluding hydrogens is 192 g/mol. The molecule has 1 N–H and O–H groups in total. The van der Waals surface area contributed by atoms with Gasteiger partial charge in [-0.05, 0) is 37.2 Å². The monoisotopic (exact) mass is 212 g/mol. The number of esters is 1. The summed E-state index contributed by atoms with van der Waals surface area (Å²) in [6, 6.07) is 0. The van der Waals surface area contributed by atoms with E-state index in [0.717, 1.165) is 18.4 Å². The Balaban J connectivity index is 2.66. The molecule has 0 saturated carbocycles. The Hall–Kier alpha value is -0.830.